The average Bonchev–Trinajstić information content (AvgIpc) is 2.39. The number of aromatic nitrogens is 1. The minimum atomic E-state index is 0.517. The van der Waals surface area contributed by atoms with Crippen LogP contribution in [-0.2, 0) is 0 Å². The summed E-state index contributed by atoms with van der Waals surface area (Å²) >= 11 is 0. The van der Waals surface area contributed by atoms with Crippen molar-refractivity contribution in [1.29, 1.82) is 5.26 Å². The van der Waals surface area contributed by atoms with Crippen LogP contribution >= 0.6 is 0 Å². The van der Waals surface area contributed by atoms with Gasteiger partial charge in [0, 0.05) is 6.54 Å². The largest absolute Gasteiger partial charge is 0.397 e. The van der Waals surface area contributed by atoms with E-state index in [0.29, 0.717) is 23.0 Å². The number of rotatable bonds is 3. The number of pyridine rings is 1. The molecule has 5 nitrogen and oxygen atoms in total. The highest BCUT2D eigenvalue weighted by molar-refractivity contribution is 5.57. The minimum Gasteiger partial charge on any atom is -0.397 e. The number of hydrogen-bond acceptors (Lipinski definition) is 5. The third kappa shape index (κ3) is 3.11. The molecule has 2 rings (SSSR count). The number of nitrogens with zero attached hydrogens (tertiary/aromatic N) is 3. The summed E-state index contributed by atoms with van der Waals surface area (Å²) in [6.45, 7) is 3.17. The number of nitrogen functional groups attached to an aromatic ring is 1. The summed E-state index contributed by atoms with van der Waals surface area (Å²) in [5, 5.41) is 12.3. The number of likely N-dealkylation sites (tertiary alicyclic amines) is 1. The number of nitrogens with one attached hydrogen (secondary N) is 1. The van der Waals surface area contributed by atoms with Crippen molar-refractivity contribution in [3.8, 4) is 6.07 Å². The van der Waals surface area contributed by atoms with Gasteiger partial charge < -0.3 is 16.0 Å². The molecule has 1 aromatic heterocycles. The molecule has 0 radical (unpaired) electrons. The molecular weight excluding hydrogens is 226 g/mol. The van der Waals surface area contributed by atoms with Gasteiger partial charge >= 0.3 is 0 Å². The number of nitriles is 1. The smallest absolute Gasteiger partial charge is 0.144 e. The maximum absolute atomic E-state index is 9.02. The molecule has 0 aliphatic carbocycles. The third-order valence-corrected chi connectivity index (χ3v) is 3.43. The zero-order valence-corrected chi connectivity index (χ0v) is 10.7. The Kier molecular flexibility index (Phi) is 4.00. The first-order chi connectivity index (χ1) is 8.69. The van der Waals surface area contributed by atoms with Crippen molar-refractivity contribution in [3.05, 3.63) is 17.8 Å². The van der Waals surface area contributed by atoms with Crippen LogP contribution in [0, 0.1) is 17.2 Å². The first kappa shape index (κ1) is 12.7. The van der Waals surface area contributed by atoms with Crippen LogP contribution in [0.3, 0.4) is 0 Å². The first-order valence-electron chi connectivity index (χ1n) is 6.27. The lowest BCUT2D eigenvalue weighted by molar-refractivity contribution is 0.226. The van der Waals surface area contributed by atoms with Gasteiger partial charge in [-0.1, -0.05) is 0 Å². The van der Waals surface area contributed by atoms with Gasteiger partial charge in [0.05, 0.1) is 17.4 Å². The van der Waals surface area contributed by atoms with Crippen molar-refractivity contribution in [2.24, 2.45) is 5.92 Å². The molecule has 1 aliphatic heterocycles. The second-order valence-electron chi connectivity index (χ2n) is 4.90. The summed E-state index contributed by atoms with van der Waals surface area (Å²) in [4.78, 5) is 6.53. The van der Waals surface area contributed by atoms with E-state index in [4.69, 9.17) is 11.0 Å². The topological polar surface area (TPSA) is 78.0 Å². The number of hydrogen-bond donors (Lipinski definition) is 2. The van der Waals surface area contributed by atoms with Gasteiger partial charge in [-0.3, -0.25) is 0 Å². The molecule has 18 heavy (non-hydrogen) atoms. The number of anilines is 2. The zero-order chi connectivity index (χ0) is 13.0. The Labute approximate surface area is 108 Å². The van der Waals surface area contributed by atoms with Crippen LogP contribution in [0.2, 0.25) is 0 Å². The van der Waals surface area contributed by atoms with Gasteiger partial charge in [-0.15, -0.1) is 0 Å². The lowest BCUT2D eigenvalue weighted by Gasteiger charge is -2.29. The van der Waals surface area contributed by atoms with E-state index in [2.05, 4.69) is 28.3 Å². The molecule has 0 spiro atoms. The Bertz CT molecular complexity index is 443. The fourth-order valence-electron chi connectivity index (χ4n) is 2.21. The van der Waals surface area contributed by atoms with E-state index in [1.54, 1.807) is 12.3 Å². The van der Waals surface area contributed by atoms with Gasteiger partial charge in [0.25, 0.3) is 0 Å². The highest BCUT2D eigenvalue weighted by Crippen LogP contribution is 2.19. The van der Waals surface area contributed by atoms with Gasteiger partial charge in [-0.25, -0.2) is 4.98 Å². The average molecular weight is 245 g/mol. The van der Waals surface area contributed by atoms with Crippen molar-refractivity contribution in [3.63, 3.8) is 0 Å². The summed E-state index contributed by atoms with van der Waals surface area (Å²) in [7, 11) is 2.15. The van der Waals surface area contributed by atoms with Gasteiger partial charge in [-0.05, 0) is 45.0 Å². The molecule has 0 bridgehead atoms. The monoisotopic (exact) mass is 245 g/mol. The highest BCUT2D eigenvalue weighted by atomic mass is 15.1. The van der Waals surface area contributed by atoms with E-state index in [0.717, 1.165) is 19.6 Å². The highest BCUT2D eigenvalue weighted by Gasteiger charge is 2.16. The maximum atomic E-state index is 9.02. The van der Waals surface area contributed by atoms with Crippen molar-refractivity contribution >= 4 is 11.5 Å². The molecule has 0 aromatic carbocycles. The van der Waals surface area contributed by atoms with Crippen LogP contribution in [0.25, 0.3) is 0 Å². The van der Waals surface area contributed by atoms with E-state index in [1.807, 2.05) is 0 Å². The molecule has 1 fully saturated rings. The molecule has 2 heterocycles. The maximum Gasteiger partial charge on any atom is 0.144 e. The van der Waals surface area contributed by atoms with E-state index >= 15 is 0 Å². The normalized spacial score (nSPS) is 17.3. The molecule has 0 amide bonds. The van der Waals surface area contributed by atoms with E-state index in [1.165, 1.54) is 12.8 Å². The summed E-state index contributed by atoms with van der Waals surface area (Å²) in [5.41, 5.74) is 6.65. The molecule has 1 aliphatic rings. The molecular formula is C13H19N5. The van der Waals surface area contributed by atoms with Gasteiger partial charge in [0.2, 0.25) is 0 Å². The molecule has 3 N–H and O–H groups in total. The predicted molar refractivity (Wildman–Crippen MR) is 72.1 cm³/mol. The lowest BCUT2D eigenvalue weighted by atomic mass is 9.97. The van der Waals surface area contributed by atoms with Crippen LogP contribution in [0.15, 0.2) is 12.3 Å². The Hall–Kier alpha value is -1.80. The Balaban J connectivity index is 1.92. The summed E-state index contributed by atoms with van der Waals surface area (Å²) < 4.78 is 0. The zero-order valence-electron chi connectivity index (χ0n) is 10.7. The van der Waals surface area contributed by atoms with E-state index < -0.39 is 0 Å². The van der Waals surface area contributed by atoms with Crippen LogP contribution < -0.4 is 11.1 Å². The molecule has 96 valence electrons. The van der Waals surface area contributed by atoms with Crippen molar-refractivity contribution in [2.75, 3.05) is 37.7 Å². The molecule has 0 unspecified atom stereocenters. The Morgan fingerprint density at radius 2 is 2.28 bits per heavy atom. The predicted octanol–water partition coefficient (Wildman–Crippen LogP) is 1.29. The molecule has 5 heteroatoms. The van der Waals surface area contributed by atoms with Crippen molar-refractivity contribution in [1.82, 2.24) is 9.88 Å². The van der Waals surface area contributed by atoms with E-state index in [9.17, 15) is 0 Å². The molecule has 1 aromatic rings. The molecule has 0 saturated carbocycles. The molecule has 0 atom stereocenters. The Morgan fingerprint density at radius 3 is 2.94 bits per heavy atom. The number of piperidine rings is 1. The summed E-state index contributed by atoms with van der Waals surface area (Å²) in [5.74, 6) is 1.30. The minimum absolute atomic E-state index is 0.517. The fraction of sp³-hybridized carbons (Fsp3) is 0.538. The fourth-order valence-corrected chi connectivity index (χ4v) is 2.21. The summed E-state index contributed by atoms with van der Waals surface area (Å²) in [6, 6.07) is 3.77. The summed E-state index contributed by atoms with van der Waals surface area (Å²) in [6.07, 6.45) is 3.97. The quantitative estimate of drug-likeness (QED) is 0.839. The van der Waals surface area contributed by atoms with Crippen molar-refractivity contribution < 1.29 is 0 Å². The first-order valence-corrected chi connectivity index (χ1v) is 6.27. The van der Waals surface area contributed by atoms with Crippen LogP contribution in [-0.4, -0.2) is 36.6 Å². The Morgan fingerprint density at radius 1 is 1.56 bits per heavy atom. The third-order valence-electron chi connectivity index (χ3n) is 3.43. The molecule has 1 saturated heterocycles. The van der Waals surface area contributed by atoms with Gasteiger partial charge in [0.15, 0.2) is 0 Å². The van der Waals surface area contributed by atoms with E-state index in [-0.39, 0.29) is 0 Å². The van der Waals surface area contributed by atoms with Crippen LogP contribution in [0.1, 0.15) is 18.4 Å². The SMILES string of the molecule is CN1CCC(CNc2ncc(N)cc2C#N)CC1. The lowest BCUT2D eigenvalue weighted by Crippen LogP contribution is -2.33. The number of nitrogens with two attached hydrogens (primary N) is 1. The second kappa shape index (κ2) is 5.69. The van der Waals surface area contributed by atoms with Crippen LogP contribution in [0.4, 0.5) is 11.5 Å². The van der Waals surface area contributed by atoms with Gasteiger partial charge in [-0.2, -0.15) is 5.26 Å². The standard InChI is InChI=1S/C13H19N5/c1-18-4-2-10(3-5-18)8-16-13-11(7-14)6-12(15)9-17-13/h6,9-10H,2-5,8,15H2,1H3,(H,16,17). The van der Waals surface area contributed by atoms with Crippen molar-refractivity contribution in [2.45, 2.75) is 12.8 Å². The second-order valence-corrected chi connectivity index (χ2v) is 4.90. The van der Waals surface area contributed by atoms with Gasteiger partial charge in [0.1, 0.15) is 11.9 Å². The van der Waals surface area contributed by atoms with Crippen LogP contribution in [0.5, 0.6) is 0 Å².